The highest BCUT2D eigenvalue weighted by molar-refractivity contribution is 9.10. The van der Waals surface area contributed by atoms with Gasteiger partial charge in [-0.05, 0) is 59.4 Å². The third-order valence-electron chi connectivity index (χ3n) is 5.55. The largest absolute Gasteiger partial charge is 0.437 e. The van der Waals surface area contributed by atoms with Crippen molar-refractivity contribution >= 4 is 50.6 Å². The van der Waals surface area contributed by atoms with E-state index >= 15 is 0 Å². The van der Waals surface area contributed by atoms with E-state index in [1.807, 2.05) is 18.2 Å². The van der Waals surface area contributed by atoms with Gasteiger partial charge in [0.15, 0.2) is 11.5 Å². The number of rotatable bonds is 8. The summed E-state index contributed by atoms with van der Waals surface area (Å²) in [5.41, 5.74) is 7.82. The minimum absolute atomic E-state index is 0.0198. The minimum atomic E-state index is -0.723. The zero-order valence-corrected chi connectivity index (χ0v) is 21.3. The van der Waals surface area contributed by atoms with Gasteiger partial charge in [-0.15, -0.1) is 0 Å². The maximum Gasteiger partial charge on any atom is 0.271 e. The monoisotopic (exact) mass is 551 g/mol. The standard InChI is InChI=1S/C25H26BrN7O3/c1-3-21(34)29-16-5-4-6-18(13-16)36-22-15-28-23(24(27)35)25(31-22)30-17-7-8-20(19(26)14-17)33-11-9-32(2)10-12-33/h3-8,13-15H,1,9-12H2,2H3,(H2,27,35)(H,29,34)(H,30,31). The first kappa shape index (κ1) is 25.1. The number of nitrogens with two attached hydrogens (primary N) is 1. The van der Waals surface area contributed by atoms with Gasteiger partial charge >= 0.3 is 0 Å². The molecule has 1 saturated heterocycles. The number of carbonyl (C=O) groups excluding carboxylic acids is 2. The Morgan fingerprint density at radius 1 is 1.14 bits per heavy atom. The van der Waals surface area contributed by atoms with Crippen LogP contribution in [0.25, 0.3) is 0 Å². The Bertz CT molecular complexity index is 1290. The van der Waals surface area contributed by atoms with E-state index in [9.17, 15) is 9.59 Å². The molecule has 0 bridgehead atoms. The number of primary amides is 1. The van der Waals surface area contributed by atoms with Crippen molar-refractivity contribution in [3.05, 3.63) is 71.5 Å². The summed E-state index contributed by atoms with van der Waals surface area (Å²) >= 11 is 3.66. The van der Waals surface area contributed by atoms with E-state index in [1.165, 1.54) is 12.3 Å². The Balaban J connectivity index is 1.54. The summed E-state index contributed by atoms with van der Waals surface area (Å²) < 4.78 is 6.73. The van der Waals surface area contributed by atoms with E-state index in [0.717, 1.165) is 36.3 Å². The van der Waals surface area contributed by atoms with Crippen molar-refractivity contribution in [2.24, 2.45) is 5.73 Å². The van der Waals surface area contributed by atoms with E-state index in [1.54, 1.807) is 24.3 Å². The van der Waals surface area contributed by atoms with Crippen LogP contribution in [-0.4, -0.2) is 59.9 Å². The van der Waals surface area contributed by atoms with Crippen LogP contribution in [0.2, 0.25) is 0 Å². The van der Waals surface area contributed by atoms with Crippen LogP contribution < -0.4 is 26.0 Å². The zero-order valence-electron chi connectivity index (χ0n) is 19.7. The summed E-state index contributed by atoms with van der Waals surface area (Å²) in [6.07, 6.45) is 2.49. The number of anilines is 4. The van der Waals surface area contributed by atoms with Crippen molar-refractivity contribution in [3.8, 4) is 11.6 Å². The molecule has 2 amide bonds. The van der Waals surface area contributed by atoms with Gasteiger partial charge in [0, 0.05) is 48.1 Å². The van der Waals surface area contributed by atoms with E-state index in [0.29, 0.717) is 17.1 Å². The van der Waals surface area contributed by atoms with Crippen molar-refractivity contribution in [1.82, 2.24) is 14.9 Å². The number of piperazine rings is 1. The molecule has 1 aromatic heterocycles. The summed E-state index contributed by atoms with van der Waals surface area (Å²) in [4.78, 5) is 36.7. The molecule has 0 aliphatic carbocycles. The van der Waals surface area contributed by atoms with Gasteiger partial charge in [-0.2, -0.15) is 4.98 Å². The van der Waals surface area contributed by atoms with Gasteiger partial charge in [0.1, 0.15) is 5.75 Å². The van der Waals surface area contributed by atoms with Crippen molar-refractivity contribution in [1.29, 1.82) is 0 Å². The Morgan fingerprint density at radius 2 is 1.92 bits per heavy atom. The quantitative estimate of drug-likeness (QED) is 0.361. The smallest absolute Gasteiger partial charge is 0.271 e. The molecule has 10 nitrogen and oxygen atoms in total. The molecule has 0 unspecified atom stereocenters. The van der Waals surface area contributed by atoms with E-state index in [2.05, 4.69) is 60.0 Å². The predicted octanol–water partition coefficient (Wildman–Crippen LogP) is 3.75. The van der Waals surface area contributed by atoms with Gasteiger partial charge in [0.25, 0.3) is 5.91 Å². The van der Waals surface area contributed by atoms with Crippen molar-refractivity contribution in [2.75, 3.05) is 48.8 Å². The van der Waals surface area contributed by atoms with Crippen LogP contribution in [-0.2, 0) is 4.79 Å². The molecule has 4 N–H and O–H groups in total. The fourth-order valence-electron chi connectivity index (χ4n) is 3.67. The fraction of sp³-hybridized carbons (Fsp3) is 0.200. The molecule has 0 spiro atoms. The third-order valence-corrected chi connectivity index (χ3v) is 6.18. The van der Waals surface area contributed by atoms with Crippen LogP contribution in [0.1, 0.15) is 10.5 Å². The number of amides is 2. The van der Waals surface area contributed by atoms with E-state index < -0.39 is 5.91 Å². The van der Waals surface area contributed by atoms with E-state index in [-0.39, 0.29) is 23.3 Å². The van der Waals surface area contributed by atoms with Crippen LogP contribution >= 0.6 is 15.9 Å². The van der Waals surface area contributed by atoms with Crippen LogP contribution in [0.4, 0.5) is 22.9 Å². The number of likely N-dealkylation sites (N-methyl/N-ethyl adjacent to an activating group) is 1. The number of nitrogens with zero attached hydrogens (tertiary/aromatic N) is 4. The minimum Gasteiger partial charge on any atom is -0.437 e. The number of halogens is 1. The molecule has 0 saturated carbocycles. The summed E-state index contributed by atoms with van der Waals surface area (Å²) in [6.45, 7) is 7.32. The average molecular weight is 552 g/mol. The van der Waals surface area contributed by atoms with Gasteiger partial charge in [-0.25, -0.2) is 4.98 Å². The summed E-state index contributed by atoms with van der Waals surface area (Å²) in [5, 5.41) is 5.79. The van der Waals surface area contributed by atoms with Gasteiger partial charge in [-0.3, -0.25) is 9.59 Å². The average Bonchev–Trinajstić information content (AvgIpc) is 2.85. The molecule has 0 atom stereocenters. The second-order valence-corrected chi connectivity index (χ2v) is 9.03. The fourth-order valence-corrected chi connectivity index (χ4v) is 4.30. The Labute approximate surface area is 217 Å². The van der Waals surface area contributed by atoms with Gasteiger partial charge in [0.2, 0.25) is 11.8 Å². The summed E-state index contributed by atoms with van der Waals surface area (Å²) in [5.74, 6) is -0.339. The molecule has 1 aliphatic heterocycles. The number of carbonyl (C=O) groups is 2. The molecule has 0 radical (unpaired) electrons. The SMILES string of the molecule is C=CC(=O)Nc1cccc(Oc2cnc(C(N)=O)c(Nc3ccc(N4CCN(C)CC4)c(Br)c3)n2)c1. The van der Waals surface area contributed by atoms with Gasteiger partial charge in [0.05, 0.1) is 11.9 Å². The molecule has 36 heavy (non-hydrogen) atoms. The maximum atomic E-state index is 12.0. The second-order valence-electron chi connectivity index (χ2n) is 8.17. The summed E-state index contributed by atoms with van der Waals surface area (Å²) in [6, 6.07) is 12.6. The van der Waals surface area contributed by atoms with Crippen molar-refractivity contribution in [3.63, 3.8) is 0 Å². The lowest BCUT2D eigenvalue weighted by Crippen LogP contribution is -2.44. The molecule has 186 valence electrons. The topological polar surface area (TPSA) is 126 Å². The van der Waals surface area contributed by atoms with Crippen LogP contribution in [0.3, 0.4) is 0 Å². The predicted molar refractivity (Wildman–Crippen MR) is 143 cm³/mol. The number of aromatic nitrogens is 2. The molecular formula is C25H26BrN7O3. The van der Waals surface area contributed by atoms with Crippen molar-refractivity contribution in [2.45, 2.75) is 0 Å². The lowest BCUT2D eigenvalue weighted by atomic mass is 10.2. The lowest BCUT2D eigenvalue weighted by Gasteiger charge is -2.34. The van der Waals surface area contributed by atoms with E-state index in [4.69, 9.17) is 10.5 Å². The molecule has 4 rings (SSSR count). The highest BCUT2D eigenvalue weighted by atomic mass is 79.9. The molecule has 1 fully saturated rings. The first-order valence-electron chi connectivity index (χ1n) is 11.2. The van der Waals surface area contributed by atoms with Gasteiger partial charge in [-0.1, -0.05) is 12.6 Å². The molecule has 3 aromatic rings. The number of benzene rings is 2. The number of ether oxygens (including phenoxy) is 1. The maximum absolute atomic E-state index is 12.0. The van der Waals surface area contributed by atoms with Crippen LogP contribution in [0.5, 0.6) is 11.6 Å². The molecule has 2 aromatic carbocycles. The number of nitrogens with one attached hydrogen (secondary N) is 2. The molecule has 1 aliphatic rings. The molecular weight excluding hydrogens is 526 g/mol. The van der Waals surface area contributed by atoms with Crippen molar-refractivity contribution < 1.29 is 14.3 Å². The second kappa shape index (κ2) is 11.2. The lowest BCUT2D eigenvalue weighted by molar-refractivity contribution is -0.111. The van der Waals surface area contributed by atoms with Gasteiger partial charge < -0.3 is 30.9 Å². The first-order valence-corrected chi connectivity index (χ1v) is 12.0. The molecule has 11 heteroatoms. The normalized spacial score (nSPS) is 13.7. The Hall–Kier alpha value is -3.96. The highest BCUT2D eigenvalue weighted by Gasteiger charge is 2.18. The summed E-state index contributed by atoms with van der Waals surface area (Å²) in [7, 11) is 2.12. The molecule has 2 heterocycles. The highest BCUT2D eigenvalue weighted by Crippen LogP contribution is 2.32. The number of hydrogen-bond donors (Lipinski definition) is 3. The zero-order chi connectivity index (χ0) is 25.7. The number of hydrogen-bond acceptors (Lipinski definition) is 8. The first-order chi connectivity index (χ1) is 17.3. The Morgan fingerprint density at radius 3 is 2.61 bits per heavy atom. The Kier molecular flexibility index (Phi) is 7.81. The van der Waals surface area contributed by atoms with Crippen LogP contribution in [0.15, 0.2) is 65.8 Å². The van der Waals surface area contributed by atoms with Crippen LogP contribution in [0, 0.1) is 0 Å². The third kappa shape index (κ3) is 6.18.